The number of carbonyl (C=O) groups is 1. The van der Waals surface area contributed by atoms with E-state index in [1.807, 2.05) is 13.8 Å². The monoisotopic (exact) mass is 486 g/mol. The van der Waals surface area contributed by atoms with Crippen LogP contribution in [0.3, 0.4) is 0 Å². The number of thiophene rings is 1. The molecule has 0 saturated carbocycles. The van der Waals surface area contributed by atoms with Crippen molar-refractivity contribution in [1.82, 2.24) is 19.7 Å². The van der Waals surface area contributed by atoms with Crippen molar-refractivity contribution in [2.75, 3.05) is 6.61 Å². The maximum Gasteiger partial charge on any atom is 0.346 e. The predicted molar refractivity (Wildman–Crippen MR) is 119 cm³/mol. The molecule has 1 atom stereocenters. The van der Waals surface area contributed by atoms with Crippen LogP contribution in [0.4, 0.5) is 4.39 Å². The Morgan fingerprint density at radius 1 is 1.29 bits per heavy atom. The average Bonchev–Trinajstić information content (AvgIpc) is 3.26. The zero-order valence-electron chi connectivity index (χ0n) is 16.8. The number of hydrogen-bond acceptors (Lipinski definition) is 5. The summed E-state index contributed by atoms with van der Waals surface area (Å²) in [6, 6.07) is 6.77. The van der Waals surface area contributed by atoms with E-state index in [1.165, 1.54) is 34.1 Å². The van der Waals surface area contributed by atoms with Crippen molar-refractivity contribution in [2.45, 2.75) is 33.0 Å². The van der Waals surface area contributed by atoms with E-state index in [1.54, 1.807) is 12.1 Å². The van der Waals surface area contributed by atoms with E-state index < -0.39 is 36.6 Å². The minimum atomic E-state index is -1.02. The molecule has 166 valence electrons. The first-order chi connectivity index (χ1) is 14.7. The number of aliphatic hydroxyl groups is 1. The number of amides is 1. The van der Waals surface area contributed by atoms with E-state index in [4.69, 9.17) is 23.2 Å². The highest BCUT2D eigenvalue weighted by atomic mass is 35.5. The Labute approximate surface area is 192 Å². The molecule has 1 aromatic carbocycles. The number of aromatic nitrogens is 3. The molecule has 0 aliphatic heterocycles. The lowest BCUT2D eigenvalue weighted by molar-refractivity contribution is -0.123. The van der Waals surface area contributed by atoms with Crippen LogP contribution < -0.4 is 11.0 Å². The third-order valence-corrected chi connectivity index (χ3v) is 5.95. The minimum Gasteiger partial charge on any atom is -0.394 e. The van der Waals surface area contributed by atoms with Gasteiger partial charge < -0.3 is 10.4 Å². The third kappa shape index (κ3) is 5.35. The van der Waals surface area contributed by atoms with Crippen molar-refractivity contribution in [3.05, 3.63) is 61.6 Å². The van der Waals surface area contributed by atoms with Gasteiger partial charge in [0, 0.05) is 12.1 Å². The van der Waals surface area contributed by atoms with Crippen LogP contribution in [0.15, 0.2) is 35.1 Å². The van der Waals surface area contributed by atoms with Crippen LogP contribution in [0.25, 0.3) is 10.7 Å². The molecule has 0 aliphatic carbocycles. The Balaban J connectivity index is 1.86. The lowest BCUT2D eigenvalue weighted by Gasteiger charge is -2.17. The summed E-state index contributed by atoms with van der Waals surface area (Å²) in [6.45, 7) is 3.41. The Hall–Kier alpha value is -2.20. The van der Waals surface area contributed by atoms with Crippen molar-refractivity contribution in [3.8, 4) is 10.7 Å². The molecular weight excluding hydrogens is 466 g/mol. The second kappa shape index (κ2) is 9.95. The lowest BCUT2D eigenvalue weighted by atomic mass is 10.1. The normalized spacial score (nSPS) is 12.4. The Morgan fingerprint density at radius 2 is 2.03 bits per heavy atom. The molecule has 31 heavy (non-hydrogen) atoms. The smallest absolute Gasteiger partial charge is 0.346 e. The fourth-order valence-electron chi connectivity index (χ4n) is 3.08. The number of rotatable bonds is 8. The zero-order valence-corrected chi connectivity index (χ0v) is 19.1. The fourth-order valence-corrected chi connectivity index (χ4v) is 4.30. The predicted octanol–water partition coefficient (Wildman–Crippen LogP) is 3.73. The summed E-state index contributed by atoms with van der Waals surface area (Å²) in [5.74, 6) is -0.741. The number of hydrogen-bond donors (Lipinski definition) is 2. The molecule has 0 radical (unpaired) electrons. The molecule has 2 N–H and O–H groups in total. The first-order valence-electron chi connectivity index (χ1n) is 9.48. The quantitative estimate of drug-likeness (QED) is 0.507. The molecule has 3 rings (SSSR count). The summed E-state index contributed by atoms with van der Waals surface area (Å²) >= 11 is 13.1. The van der Waals surface area contributed by atoms with Crippen molar-refractivity contribution in [1.29, 1.82) is 0 Å². The standard InChI is InChI=1S/C20H21Cl2FN4O3S/c1-11(2)8-26-19(15-6-7-16(22)31-15)25-27(20(26)30)9-17(29)24-14(10-28)12-4-3-5-13(21)18(12)23/h3-7,11,14,28H,8-10H2,1-2H3,(H,24,29). The van der Waals surface area contributed by atoms with Crippen molar-refractivity contribution in [3.63, 3.8) is 0 Å². The summed E-state index contributed by atoms with van der Waals surface area (Å²) in [4.78, 5) is 26.2. The third-order valence-electron chi connectivity index (χ3n) is 4.43. The van der Waals surface area contributed by atoms with Gasteiger partial charge in [-0.25, -0.2) is 13.9 Å². The van der Waals surface area contributed by atoms with Gasteiger partial charge in [0.15, 0.2) is 5.82 Å². The molecule has 7 nitrogen and oxygen atoms in total. The highest BCUT2D eigenvalue weighted by Crippen LogP contribution is 2.29. The van der Waals surface area contributed by atoms with E-state index in [0.717, 1.165) is 4.68 Å². The van der Waals surface area contributed by atoms with Gasteiger partial charge in [0.2, 0.25) is 5.91 Å². The number of halogens is 3. The van der Waals surface area contributed by atoms with Gasteiger partial charge in [0.05, 0.1) is 26.9 Å². The number of aliphatic hydroxyl groups excluding tert-OH is 1. The first-order valence-corrected chi connectivity index (χ1v) is 11.1. The molecule has 2 heterocycles. The molecule has 1 amide bonds. The summed E-state index contributed by atoms with van der Waals surface area (Å²) in [7, 11) is 0. The average molecular weight is 487 g/mol. The highest BCUT2D eigenvalue weighted by molar-refractivity contribution is 7.19. The van der Waals surface area contributed by atoms with Crippen molar-refractivity contribution < 1.29 is 14.3 Å². The van der Waals surface area contributed by atoms with Crippen molar-refractivity contribution in [2.24, 2.45) is 5.92 Å². The maximum atomic E-state index is 14.3. The Kier molecular flexibility index (Phi) is 7.53. The van der Waals surface area contributed by atoms with Gasteiger partial charge >= 0.3 is 5.69 Å². The molecule has 0 bridgehead atoms. The SMILES string of the molecule is CC(C)Cn1c(-c2ccc(Cl)s2)nn(CC(=O)NC(CO)c2cccc(Cl)c2F)c1=O. The van der Waals surface area contributed by atoms with Crippen LogP contribution in [0, 0.1) is 11.7 Å². The summed E-state index contributed by atoms with van der Waals surface area (Å²) < 4.78 is 17.4. The van der Waals surface area contributed by atoms with Gasteiger partial charge in [0.25, 0.3) is 0 Å². The largest absolute Gasteiger partial charge is 0.394 e. The molecular formula is C20H21Cl2FN4O3S. The van der Waals surface area contributed by atoms with Gasteiger partial charge in [-0.15, -0.1) is 16.4 Å². The second-order valence-electron chi connectivity index (χ2n) is 7.32. The van der Waals surface area contributed by atoms with E-state index in [9.17, 15) is 19.1 Å². The maximum absolute atomic E-state index is 14.3. The van der Waals surface area contributed by atoms with E-state index >= 15 is 0 Å². The molecule has 1 unspecified atom stereocenters. The second-order valence-corrected chi connectivity index (χ2v) is 9.44. The lowest BCUT2D eigenvalue weighted by Crippen LogP contribution is -2.37. The van der Waals surface area contributed by atoms with Crippen LogP contribution >= 0.6 is 34.5 Å². The van der Waals surface area contributed by atoms with Gasteiger partial charge in [-0.3, -0.25) is 9.36 Å². The van der Waals surface area contributed by atoms with E-state index in [0.29, 0.717) is 21.6 Å². The molecule has 0 spiro atoms. The van der Waals surface area contributed by atoms with Gasteiger partial charge in [-0.2, -0.15) is 0 Å². The molecule has 0 fully saturated rings. The van der Waals surface area contributed by atoms with Gasteiger partial charge in [-0.1, -0.05) is 49.2 Å². The van der Waals surface area contributed by atoms with Gasteiger partial charge in [-0.05, 0) is 24.1 Å². The summed E-state index contributed by atoms with van der Waals surface area (Å²) in [5, 5.41) is 16.4. The Morgan fingerprint density at radius 3 is 2.65 bits per heavy atom. The first kappa shape index (κ1) is 23.5. The molecule has 0 saturated heterocycles. The van der Waals surface area contributed by atoms with Crippen LogP contribution in [-0.4, -0.2) is 32.0 Å². The number of nitrogens with zero attached hydrogens (tertiary/aromatic N) is 3. The van der Waals surface area contributed by atoms with Crippen LogP contribution in [0.2, 0.25) is 9.36 Å². The van der Waals surface area contributed by atoms with Crippen LogP contribution in [-0.2, 0) is 17.9 Å². The zero-order chi connectivity index (χ0) is 22.7. The van der Waals surface area contributed by atoms with E-state index in [-0.39, 0.29) is 16.5 Å². The van der Waals surface area contributed by atoms with Gasteiger partial charge in [0.1, 0.15) is 12.4 Å². The van der Waals surface area contributed by atoms with Crippen molar-refractivity contribution >= 4 is 40.4 Å². The molecule has 0 aliphatic rings. The molecule has 2 aromatic heterocycles. The Bertz CT molecular complexity index is 1140. The summed E-state index contributed by atoms with van der Waals surface area (Å²) in [5.41, 5.74) is -0.396. The van der Waals surface area contributed by atoms with Crippen LogP contribution in [0.1, 0.15) is 25.5 Å². The number of carbonyl (C=O) groups excluding carboxylic acids is 1. The fraction of sp³-hybridized carbons (Fsp3) is 0.350. The number of nitrogens with one attached hydrogen (secondary N) is 1. The topological polar surface area (TPSA) is 89.2 Å². The highest BCUT2D eigenvalue weighted by Gasteiger charge is 2.22. The van der Waals surface area contributed by atoms with Crippen LogP contribution in [0.5, 0.6) is 0 Å². The molecule has 3 aromatic rings. The molecule has 11 heteroatoms. The van der Waals surface area contributed by atoms with E-state index in [2.05, 4.69) is 10.4 Å². The summed E-state index contributed by atoms with van der Waals surface area (Å²) in [6.07, 6.45) is 0. The number of benzene rings is 1. The minimum absolute atomic E-state index is 0.0509.